The number of aryl methyl sites for hydroxylation is 1. The van der Waals surface area contributed by atoms with Gasteiger partial charge < -0.3 is 0 Å². The number of hydrogen-bond acceptors (Lipinski definition) is 5. The predicted octanol–water partition coefficient (Wildman–Crippen LogP) is 2.11. The second-order valence-corrected chi connectivity index (χ2v) is 5.06. The number of rotatable bonds is 3. The van der Waals surface area contributed by atoms with E-state index in [1.54, 1.807) is 42.2 Å². The summed E-state index contributed by atoms with van der Waals surface area (Å²) in [4.78, 5) is 12.9. The fourth-order valence-electron chi connectivity index (χ4n) is 2.41. The normalized spacial score (nSPS) is 11.2. The molecule has 0 fully saturated rings. The first-order valence-electron chi connectivity index (χ1n) is 7.02. The molecule has 0 amide bonds. The van der Waals surface area contributed by atoms with Crippen LogP contribution in [0.1, 0.15) is 11.4 Å². The molecule has 0 unspecified atom stereocenters. The summed E-state index contributed by atoms with van der Waals surface area (Å²) in [7, 11) is 0. The van der Waals surface area contributed by atoms with E-state index in [0.717, 1.165) is 0 Å². The van der Waals surface area contributed by atoms with Gasteiger partial charge in [0.25, 0.3) is 0 Å². The molecule has 3 heterocycles. The summed E-state index contributed by atoms with van der Waals surface area (Å²) in [5, 5.41) is 11.3. The Bertz CT molecular complexity index is 988. The van der Waals surface area contributed by atoms with Crippen molar-refractivity contribution in [2.75, 3.05) is 0 Å². The summed E-state index contributed by atoms with van der Waals surface area (Å²) in [6, 6.07) is 6.59. The molecule has 0 atom stereocenters. The Balaban J connectivity index is 1.86. The topological polar surface area (TPSA) is 85.2 Å². The van der Waals surface area contributed by atoms with Crippen molar-refractivity contribution >= 4 is 11.2 Å². The number of hydrogen-bond donors (Lipinski definition) is 1. The molecule has 23 heavy (non-hydrogen) atoms. The van der Waals surface area contributed by atoms with Gasteiger partial charge in [0.1, 0.15) is 17.2 Å². The molecule has 0 saturated heterocycles. The minimum Gasteiger partial charge on any atom is -0.258 e. The largest absolute Gasteiger partial charge is 0.258 e. The molecular formula is C15H12FN7. The van der Waals surface area contributed by atoms with Crippen LogP contribution >= 0.6 is 0 Å². The van der Waals surface area contributed by atoms with Crippen LogP contribution in [0.2, 0.25) is 0 Å². The molecule has 0 saturated carbocycles. The van der Waals surface area contributed by atoms with Crippen LogP contribution in [0.5, 0.6) is 0 Å². The Morgan fingerprint density at radius 3 is 2.78 bits per heavy atom. The Hall–Kier alpha value is -3.16. The molecule has 0 radical (unpaired) electrons. The van der Waals surface area contributed by atoms with Crippen molar-refractivity contribution in [3.63, 3.8) is 0 Å². The lowest BCUT2D eigenvalue weighted by molar-refractivity contribution is 0.589. The standard InChI is InChI=1S/C15H12FN7/c1-9-19-14(21-20-9)12-13-15(18-7-6-17-13)23(22-12)8-10-4-2-3-5-11(10)16/h2-7H,8H2,1H3,(H,19,20,21). The molecule has 8 heteroatoms. The number of halogens is 1. The number of aromatic nitrogens is 7. The van der Waals surface area contributed by atoms with Crippen molar-refractivity contribution < 1.29 is 4.39 Å². The van der Waals surface area contributed by atoms with Crippen molar-refractivity contribution in [2.24, 2.45) is 0 Å². The maximum Gasteiger partial charge on any atom is 0.178 e. The van der Waals surface area contributed by atoms with Gasteiger partial charge in [-0.3, -0.25) is 5.10 Å². The molecule has 0 spiro atoms. The van der Waals surface area contributed by atoms with E-state index >= 15 is 0 Å². The molecule has 0 aliphatic heterocycles. The summed E-state index contributed by atoms with van der Waals surface area (Å²) in [6.07, 6.45) is 3.17. The highest BCUT2D eigenvalue weighted by Gasteiger charge is 2.18. The van der Waals surface area contributed by atoms with Crippen LogP contribution in [0.4, 0.5) is 4.39 Å². The third-order valence-electron chi connectivity index (χ3n) is 3.47. The van der Waals surface area contributed by atoms with Crippen molar-refractivity contribution in [1.82, 2.24) is 34.9 Å². The molecule has 0 aliphatic carbocycles. The fourth-order valence-corrected chi connectivity index (χ4v) is 2.41. The van der Waals surface area contributed by atoms with Crippen LogP contribution < -0.4 is 0 Å². The van der Waals surface area contributed by atoms with Gasteiger partial charge in [-0.2, -0.15) is 10.2 Å². The van der Waals surface area contributed by atoms with Crippen LogP contribution in [0.3, 0.4) is 0 Å². The first-order chi connectivity index (χ1) is 11.2. The summed E-state index contributed by atoms with van der Waals surface area (Å²) >= 11 is 0. The maximum atomic E-state index is 13.9. The number of aromatic amines is 1. The van der Waals surface area contributed by atoms with E-state index < -0.39 is 0 Å². The van der Waals surface area contributed by atoms with Gasteiger partial charge in [-0.1, -0.05) is 18.2 Å². The van der Waals surface area contributed by atoms with E-state index in [0.29, 0.717) is 34.1 Å². The van der Waals surface area contributed by atoms with Crippen LogP contribution in [0.25, 0.3) is 22.7 Å². The SMILES string of the molecule is Cc1n[nH]c(-c2nn(Cc3ccccc3F)c3nccnc23)n1. The van der Waals surface area contributed by atoms with Crippen LogP contribution in [-0.2, 0) is 6.54 Å². The van der Waals surface area contributed by atoms with E-state index in [2.05, 4.69) is 30.2 Å². The Kier molecular flexibility index (Phi) is 3.07. The van der Waals surface area contributed by atoms with Gasteiger partial charge >= 0.3 is 0 Å². The maximum absolute atomic E-state index is 13.9. The number of benzene rings is 1. The molecule has 114 valence electrons. The minimum absolute atomic E-state index is 0.259. The molecule has 4 aromatic rings. The van der Waals surface area contributed by atoms with E-state index in [1.165, 1.54) is 6.07 Å². The van der Waals surface area contributed by atoms with E-state index in [4.69, 9.17) is 0 Å². The average molecular weight is 309 g/mol. The van der Waals surface area contributed by atoms with Crippen LogP contribution in [-0.4, -0.2) is 34.9 Å². The first kappa shape index (κ1) is 13.5. The van der Waals surface area contributed by atoms with Crippen LogP contribution in [0.15, 0.2) is 36.7 Å². The molecule has 4 rings (SSSR count). The second kappa shape index (κ2) is 5.24. The number of H-pyrrole nitrogens is 1. The Morgan fingerprint density at radius 2 is 2.00 bits per heavy atom. The average Bonchev–Trinajstić information content (AvgIpc) is 3.14. The van der Waals surface area contributed by atoms with Crippen molar-refractivity contribution in [3.05, 3.63) is 53.9 Å². The lowest BCUT2D eigenvalue weighted by Gasteiger charge is -2.03. The summed E-state index contributed by atoms with van der Waals surface area (Å²) in [6.45, 7) is 2.04. The van der Waals surface area contributed by atoms with Crippen LogP contribution in [0, 0.1) is 12.7 Å². The highest BCUT2D eigenvalue weighted by atomic mass is 19.1. The summed E-state index contributed by atoms with van der Waals surface area (Å²) in [5.41, 5.74) is 2.24. The highest BCUT2D eigenvalue weighted by Crippen LogP contribution is 2.23. The molecule has 3 aromatic heterocycles. The van der Waals surface area contributed by atoms with Gasteiger partial charge in [0.05, 0.1) is 6.54 Å². The third kappa shape index (κ3) is 2.33. The lowest BCUT2D eigenvalue weighted by atomic mass is 10.2. The first-order valence-corrected chi connectivity index (χ1v) is 7.02. The zero-order chi connectivity index (χ0) is 15.8. The molecule has 0 aliphatic rings. The molecular weight excluding hydrogens is 297 g/mol. The van der Waals surface area contributed by atoms with E-state index in [9.17, 15) is 4.39 Å². The number of fused-ring (bicyclic) bond motifs is 1. The van der Waals surface area contributed by atoms with Gasteiger partial charge in [0, 0.05) is 18.0 Å². The molecule has 7 nitrogen and oxygen atoms in total. The van der Waals surface area contributed by atoms with E-state index in [-0.39, 0.29) is 12.4 Å². The highest BCUT2D eigenvalue weighted by molar-refractivity contribution is 5.85. The van der Waals surface area contributed by atoms with Gasteiger partial charge in [-0.15, -0.1) is 0 Å². The van der Waals surface area contributed by atoms with Gasteiger partial charge in [0.15, 0.2) is 17.2 Å². The summed E-state index contributed by atoms with van der Waals surface area (Å²) < 4.78 is 15.5. The van der Waals surface area contributed by atoms with Crippen molar-refractivity contribution in [3.8, 4) is 11.5 Å². The number of nitrogens with zero attached hydrogens (tertiary/aromatic N) is 6. The van der Waals surface area contributed by atoms with Gasteiger partial charge in [-0.05, 0) is 13.0 Å². The zero-order valence-electron chi connectivity index (χ0n) is 12.2. The molecule has 1 aromatic carbocycles. The lowest BCUT2D eigenvalue weighted by Crippen LogP contribution is -2.04. The Labute approximate surface area is 130 Å². The Morgan fingerprint density at radius 1 is 1.17 bits per heavy atom. The van der Waals surface area contributed by atoms with Crippen molar-refractivity contribution in [2.45, 2.75) is 13.5 Å². The smallest absolute Gasteiger partial charge is 0.178 e. The van der Waals surface area contributed by atoms with E-state index in [1.807, 2.05) is 0 Å². The fraction of sp³-hybridized carbons (Fsp3) is 0.133. The zero-order valence-corrected chi connectivity index (χ0v) is 12.2. The quantitative estimate of drug-likeness (QED) is 0.626. The van der Waals surface area contributed by atoms with Gasteiger partial charge in [0.2, 0.25) is 0 Å². The van der Waals surface area contributed by atoms with Gasteiger partial charge in [-0.25, -0.2) is 24.0 Å². The predicted molar refractivity (Wildman–Crippen MR) is 80.9 cm³/mol. The second-order valence-electron chi connectivity index (χ2n) is 5.06. The molecule has 0 bridgehead atoms. The number of nitrogens with one attached hydrogen (secondary N) is 1. The minimum atomic E-state index is -0.280. The van der Waals surface area contributed by atoms with Crippen molar-refractivity contribution in [1.29, 1.82) is 0 Å². The summed E-state index contributed by atoms with van der Waals surface area (Å²) in [5.74, 6) is 0.845. The molecule has 1 N–H and O–H groups in total. The third-order valence-corrected chi connectivity index (χ3v) is 3.47. The monoisotopic (exact) mass is 309 g/mol.